The molecule has 0 aliphatic heterocycles. The molecular formula is C7H9N2O. The van der Waals surface area contributed by atoms with Crippen LogP contribution in [0.3, 0.4) is 0 Å². The zero-order chi connectivity index (χ0) is 7.98. The highest BCUT2D eigenvalue weighted by Gasteiger charge is 2.04. The fourth-order valence-corrected chi connectivity index (χ4v) is 0.478. The molecule has 0 aromatic heterocycles. The molecule has 0 atom stereocenters. The topological polar surface area (TPSA) is 64.7 Å². The first-order valence-corrected chi connectivity index (χ1v) is 3.00. The predicted octanol–water partition coefficient (Wildman–Crippen LogP) is 1.10. The van der Waals surface area contributed by atoms with Crippen molar-refractivity contribution in [1.29, 1.82) is 10.7 Å². The Morgan fingerprint density at radius 3 is 2.80 bits per heavy atom. The maximum Gasteiger partial charge on any atom is 0.179 e. The van der Waals surface area contributed by atoms with Gasteiger partial charge in [0.15, 0.2) is 5.78 Å². The number of ketones is 1. The molecule has 0 saturated carbocycles. The molecule has 0 aliphatic rings. The van der Waals surface area contributed by atoms with E-state index in [1.54, 1.807) is 6.92 Å². The van der Waals surface area contributed by atoms with Crippen molar-refractivity contribution in [3.63, 3.8) is 0 Å². The van der Waals surface area contributed by atoms with Crippen LogP contribution >= 0.6 is 0 Å². The highest BCUT2D eigenvalue weighted by molar-refractivity contribution is 6.41. The molecule has 10 heavy (non-hydrogen) atoms. The van der Waals surface area contributed by atoms with Gasteiger partial charge in [-0.1, -0.05) is 6.92 Å². The summed E-state index contributed by atoms with van der Waals surface area (Å²) in [4.78, 5) is 10.6. The summed E-state index contributed by atoms with van der Waals surface area (Å²) in [7, 11) is 0. The van der Waals surface area contributed by atoms with E-state index in [0.717, 1.165) is 0 Å². The Balaban J connectivity index is 3.65. The summed E-state index contributed by atoms with van der Waals surface area (Å²) < 4.78 is 0. The van der Waals surface area contributed by atoms with Gasteiger partial charge < -0.3 is 5.41 Å². The molecule has 0 aromatic carbocycles. The molecule has 0 amide bonds. The van der Waals surface area contributed by atoms with Crippen molar-refractivity contribution >= 4 is 11.5 Å². The Kier molecular flexibility index (Phi) is 4.14. The van der Waals surface area contributed by atoms with Gasteiger partial charge in [0.25, 0.3) is 0 Å². The van der Waals surface area contributed by atoms with Gasteiger partial charge in [0.2, 0.25) is 0 Å². The largest absolute Gasteiger partial charge is 0.302 e. The van der Waals surface area contributed by atoms with Crippen LogP contribution < -0.4 is 0 Å². The maximum absolute atomic E-state index is 10.6. The normalized spacial score (nSPS) is 8.40. The molecule has 0 rings (SSSR count). The van der Waals surface area contributed by atoms with Crippen molar-refractivity contribution in [3.05, 3.63) is 6.42 Å². The number of nitrogens with one attached hydrogen (secondary N) is 1. The van der Waals surface area contributed by atoms with Gasteiger partial charge in [0.05, 0.1) is 11.8 Å². The predicted molar refractivity (Wildman–Crippen MR) is 37.6 cm³/mol. The van der Waals surface area contributed by atoms with E-state index in [1.165, 1.54) is 6.42 Å². The first-order chi connectivity index (χ1) is 4.72. The number of Topliss-reactive ketones (excluding diaryl/α,β-unsaturated/α-hetero) is 1. The summed E-state index contributed by atoms with van der Waals surface area (Å²) in [6.45, 7) is 1.59. The first kappa shape index (κ1) is 8.83. The van der Waals surface area contributed by atoms with E-state index < -0.39 is 0 Å². The third kappa shape index (κ3) is 2.98. The van der Waals surface area contributed by atoms with Gasteiger partial charge >= 0.3 is 0 Å². The second-order valence-electron chi connectivity index (χ2n) is 1.79. The monoisotopic (exact) mass is 137 g/mol. The number of carbonyl (C=O) groups excluding carboxylic acids is 1. The molecule has 0 aromatic rings. The maximum atomic E-state index is 10.6. The summed E-state index contributed by atoms with van der Waals surface area (Å²) >= 11 is 0. The number of nitriles is 1. The van der Waals surface area contributed by atoms with Crippen LogP contribution in [0, 0.1) is 23.2 Å². The summed E-state index contributed by atoms with van der Waals surface area (Å²) in [5, 5.41) is 15.2. The van der Waals surface area contributed by atoms with Crippen molar-refractivity contribution in [3.8, 4) is 6.07 Å². The van der Waals surface area contributed by atoms with Crippen LogP contribution in [-0.4, -0.2) is 11.5 Å². The molecule has 0 spiro atoms. The van der Waals surface area contributed by atoms with Gasteiger partial charge in [-0.3, -0.25) is 4.79 Å². The molecule has 1 N–H and O–H groups in total. The molecule has 0 fully saturated rings. The van der Waals surface area contributed by atoms with Gasteiger partial charge in [-0.15, -0.1) is 0 Å². The molecule has 0 heterocycles. The number of hydrogen-bond acceptors (Lipinski definition) is 3. The zero-order valence-corrected chi connectivity index (χ0v) is 5.85. The SMILES string of the molecule is C[CH]C(=O)C(=N)CCC#N. The second kappa shape index (κ2) is 4.68. The van der Waals surface area contributed by atoms with Crippen LogP contribution in [0.25, 0.3) is 0 Å². The van der Waals surface area contributed by atoms with Crippen molar-refractivity contribution < 1.29 is 4.79 Å². The van der Waals surface area contributed by atoms with E-state index >= 15 is 0 Å². The van der Waals surface area contributed by atoms with Crippen molar-refractivity contribution in [2.75, 3.05) is 0 Å². The van der Waals surface area contributed by atoms with Gasteiger partial charge in [-0.25, -0.2) is 0 Å². The lowest BCUT2D eigenvalue weighted by Gasteiger charge is -1.93. The molecular weight excluding hydrogens is 128 g/mol. The molecule has 53 valence electrons. The molecule has 0 saturated heterocycles. The van der Waals surface area contributed by atoms with Crippen LogP contribution in [0.5, 0.6) is 0 Å². The van der Waals surface area contributed by atoms with E-state index in [2.05, 4.69) is 0 Å². The van der Waals surface area contributed by atoms with Crippen molar-refractivity contribution in [1.82, 2.24) is 0 Å². The Bertz CT molecular complexity index is 179. The van der Waals surface area contributed by atoms with Gasteiger partial charge in [0, 0.05) is 19.3 Å². The van der Waals surface area contributed by atoms with Crippen molar-refractivity contribution in [2.24, 2.45) is 0 Å². The fraction of sp³-hybridized carbons (Fsp3) is 0.429. The van der Waals surface area contributed by atoms with E-state index in [1.807, 2.05) is 6.07 Å². The minimum atomic E-state index is -0.282. The van der Waals surface area contributed by atoms with E-state index in [9.17, 15) is 4.79 Å². The molecule has 1 radical (unpaired) electrons. The molecule has 3 nitrogen and oxygen atoms in total. The lowest BCUT2D eigenvalue weighted by atomic mass is 10.1. The molecule has 0 bridgehead atoms. The fourth-order valence-electron chi connectivity index (χ4n) is 0.478. The third-order valence-corrected chi connectivity index (χ3v) is 1.05. The number of carbonyl (C=O) groups is 1. The first-order valence-electron chi connectivity index (χ1n) is 3.00. The third-order valence-electron chi connectivity index (χ3n) is 1.05. The van der Waals surface area contributed by atoms with Crippen LogP contribution in [0.15, 0.2) is 0 Å². The van der Waals surface area contributed by atoms with Crippen LogP contribution in [0.1, 0.15) is 19.8 Å². The highest BCUT2D eigenvalue weighted by atomic mass is 16.1. The van der Waals surface area contributed by atoms with Crippen molar-refractivity contribution in [2.45, 2.75) is 19.8 Å². The average Bonchev–Trinajstić information content (AvgIpc) is 1.98. The minimum Gasteiger partial charge on any atom is -0.302 e. The number of hydrogen-bond donors (Lipinski definition) is 1. The van der Waals surface area contributed by atoms with E-state index in [0.29, 0.717) is 0 Å². The average molecular weight is 137 g/mol. The smallest absolute Gasteiger partial charge is 0.179 e. The van der Waals surface area contributed by atoms with Crippen LogP contribution in [0.4, 0.5) is 0 Å². The van der Waals surface area contributed by atoms with E-state index in [-0.39, 0.29) is 24.3 Å². The Labute approximate surface area is 60.2 Å². The summed E-state index contributed by atoms with van der Waals surface area (Å²) in [5.74, 6) is -0.282. The van der Waals surface area contributed by atoms with Gasteiger partial charge in [-0.05, 0) is 0 Å². The lowest BCUT2D eigenvalue weighted by Crippen LogP contribution is -2.10. The number of nitrogens with zero attached hydrogens (tertiary/aromatic N) is 1. The summed E-state index contributed by atoms with van der Waals surface area (Å²) in [6, 6.07) is 1.87. The Morgan fingerprint density at radius 2 is 2.40 bits per heavy atom. The van der Waals surface area contributed by atoms with Gasteiger partial charge in [-0.2, -0.15) is 5.26 Å². The van der Waals surface area contributed by atoms with E-state index in [4.69, 9.17) is 10.7 Å². The van der Waals surface area contributed by atoms with Gasteiger partial charge in [0.1, 0.15) is 0 Å². The van der Waals surface area contributed by atoms with Crippen LogP contribution in [0.2, 0.25) is 0 Å². The molecule has 3 heteroatoms. The Hall–Kier alpha value is -1.17. The molecule has 0 aliphatic carbocycles. The highest BCUT2D eigenvalue weighted by Crippen LogP contribution is 1.92. The Morgan fingerprint density at radius 1 is 1.80 bits per heavy atom. The number of rotatable bonds is 4. The summed E-state index contributed by atoms with van der Waals surface area (Å²) in [6.07, 6.45) is 1.85. The minimum absolute atomic E-state index is 0.0176. The summed E-state index contributed by atoms with van der Waals surface area (Å²) in [5.41, 5.74) is 0.0176. The zero-order valence-electron chi connectivity index (χ0n) is 5.85. The lowest BCUT2D eigenvalue weighted by molar-refractivity contribution is -0.110. The molecule has 0 unspecified atom stereocenters. The van der Waals surface area contributed by atoms with Crippen LogP contribution in [-0.2, 0) is 4.79 Å². The quantitative estimate of drug-likeness (QED) is 0.589. The second-order valence-corrected chi connectivity index (χ2v) is 1.79. The standard InChI is InChI=1S/C7H9N2O/c1-2-7(10)6(9)4-3-5-8/h2,9H,3-4H2,1H3.